The van der Waals surface area contributed by atoms with Crippen LogP contribution in [0.15, 0.2) is 47.4 Å². The van der Waals surface area contributed by atoms with E-state index < -0.39 is 22.2 Å². The van der Waals surface area contributed by atoms with Crippen molar-refractivity contribution >= 4 is 15.9 Å². The maximum atomic E-state index is 13.5. The van der Waals surface area contributed by atoms with Crippen LogP contribution in [0.3, 0.4) is 0 Å². The monoisotopic (exact) mass is 460 g/mol. The summed E-state index contributed by atoms with van der Waals surface area (Å²) in [5.74, 6) is -0.0480. The largest absolute Gasteiger partial charge is 0.487 e. The normalized spacial score (nSPS) is 21.6. The Kier molecular flexibility index (Phi) is 7.27. The molecular weight excluding hydrogens is 428 g/mol. The zero-order valence-electron chi connectivity index (χ0n) is 19.3. The number of aliphatic hydroxyl groups excluding tert-OH is 1. The fourth-order valence-electron chi connectivity index (χ4n) is 3.77. The van der Waals surface area contributed by atoms with Gasteiger partial charge in [0.05, 0.1) is 13.2 Å². The summed E-state index contributed by atoms with van der Waals surface area (Å²) in [7, 11) is -2.19. The maximum absolute atomic E-state index is 13.5. The molecule has 1 heterocycles. The minimum atomic E-state index is -3.89. The molecule has 7 nitrogen and oxygen atoms in total. The lowest BCUT2D eigenvalue weighted by Gasteiger charge is -2.37. The highest BCUT2D eigenvalue weighted by molar-refractivity contribution is 7.89. The molecule has 8 heteroatoms. The first-order valence-corrected chi connectivity index (χ1v) is 12.2. The summed E-state index contributed by atoms with van der Waals surface area (Å²) in [5.41, 5.74) is 2.92. The predicted octanol–water partition coefficient (Wildman–Crippen LogP) is 2.91. The zero-order valence-corrected chi connectivity index (χ0v) is 20.1. The quantitative estimate of drug-likeness (QED) is 0.741. The Bertz CT molecular complexity index is 1070. The van der Waals surface area contributed by atoms with Gasteiger partial charge in [-0.05, 0) is 37.1 Å². The molecule has 0 bridgehead atoms. The Hall–Kier alpha value is -2.42. The summed E-state index contributed by atoms with van der Waals surface area (Å²) in [6.45, 7) is 7.30. The van der Waals surface area contributed by atoms with Crippen LogP contribution >= 0.6 is 0 Å². The number of carbonyl (C=O) groups excluding carboxylic acids is 1. The van der Waals surface area contributed by atoms with E-state index in [9.17, 15) is 18.3 Å². The minimum absolute atomic E-state index is 0.0658. The van der Waals surface area contributed by atoms with E-state index >= 15 is 0 Å². The van der Waals surface area contributed by atoms with Gasteiger partial charge in [-0.3, -0.25) is 4.79 Å². The number of carbonyl (C=O) groups is 1. The lowest BCUT2D eigenvalue weighted by Crippen LogP contribution is -2.50. The van der Waals surface area contributed by atoms with E-state index in [0.717, 1.165) is 16.7 Å². The average Bonchev–Trinajstić information content (AvgIpc) is 2.75. The van der Waals surface area contributed by atoms with E-state index in [4.69, 9.17) is 4.74 Å². The summed E-state index contributed by atoms with van der Waals surface area (Å²) >= 11 is 0. The number of rotatable bonds is 5. The fourth-order valence-corrected chi connectivity index (χ4v) is 5.59. The van der Waals surface area contributed by atoms with Crippen LogP contribution < -0.4 is 4.74 Å². The minimum Gasteiger partial charge on any atom is -0.487 e. The van der Waals surface area contributed by atoms with Gasteiger partial charge in [0.15, 0.2) is 0 Å². The molecule has 0 saturated carbocycles. The van der Waals surface area contributed by atoms with E-state index in [1.54, 1.807) is 37.1 Å². The van der Waals surface area contributed by atoms with Gasteiger partial charge < -0.3 is 14.7 Å². The van der Waals surface area contributed by atoms with E-state index in [1.165, 1.54) is 11.2 Å². The number of hydrogen-bond donors (Lipinski definition) is 1. The van der Waals surface area contributed by atoms with Crippen molar-refractivity contribution < 1.29 is 23.1 Å². The van der Waals surface area contributed by atoms with E-state index in [-0.39, 0.29) is 35.6 Å². The van der Waals surface area contributed by atoms with Gasteiger partial charge in [-0.1, -0.05) is 42.8 Å². The smallest absolute Gasteiger partial charge is 0.247 e. The first-order valence-electron chi connectivity index (χ1n) is 10.8. The van der Waals surface area contributed by atoms with Crippen LogP contribution in [-0.2, 0) is 14.8 Å². The van der Waals surface area contributed by atoms with Gasteiger partial charge in [0.1, 0.15) is 16.7 Å². The molecule has 174 valence electrons. The van der Waals surface area contributed by atoms with Crippen LogP contribution in [0.4, 0.5) is 0 Å². The molecule has 0 unspecified atom stereocenters. The van der Waals surface area contributed by atoms with Crippen molar-refractivity contribution in [2.45, 2.75) is 44.7 Å². The van der Waals surface area contributed by atoms with Gasteiger partial charge in [-0.25, -0.2) is 8.42 Å². The van der Waals surface area contributed by atoms with Gasteiger partial charge >= 0.3 is 0 Å². The Labute approximate surface area is 190 Å². The lowest BCUT2D eigenvalue weighted by molar-refractivity contribution is -0.129. The summed E-state index contributed by atoms with van der Waals surface area (Å²) in [6.07, 6.45) is -0.417. The highest BCUT2D eigenvalue weighted by atomic mass is 32.2. The van der Waals surface area contributed by atoms with Gasteiger partial charge in [0, 0.05) is 32.5 Å². The second kappa shape index (κ2) is 9.60. The molecule has 1 N–H and O–H groups in total. The Morgan fingerprint density at radius 1 is 1.22 bits per heavy atom. The lowest BCUT2D eigenvalue weighted by atomic mass is 10.0. The standard InChI is InChI=1S/C24H32N2O5S/c1-16-6-8-20(9-7-16)21-10-11-24-22(12-21)31-23(14-25(5)19(4)28)17(2)13-26(18(3)15-27)32(24,29)30/h6-12,17-18,23,27H,13-15H2,1-5H3/t17-,18+,23+/m1/s1. The summed E-state index contributed by atoms with van der Waals surface area (Å²) in [5, 5.41) is 9.72. The van der Waals surface area contributed by atoms with Crippen molar-refractivity contribution in [1.29, 1.82) is 0 Å². The molecule has 0 aromatic heterocycles. The highest BCUT2D eigenvalue weighted by Gasteiger charge is 2.38. The van der Waals surface area contributed by atoms with Gasteiger partial charge in [0.25, 0.3) is 0 Å². The molecule has 1 amide bonds. The van der Waals surface area contributed by atoms with Gasteiger partial charge in [-0.15, -0.1) is 0 Å². The molecule has 1 aliphatic rings. The number of sulfonamides is 1. The van der Waals surface area contributed by atoms with E-state index in [2.05, 4.69) is 0 Å². The number of fused-ring (bicyclic) bond motifs is 1. The van der Waals surface area contributed by atoms with Crippen molar-refractivity contribution in [3.63, 3.8) is 0 Å². The molecule has 2 aromatic carbocycles. The number of ether oxygens (including phenoxy) is 1. The molecule has 2 aromatic rings. The molecular formula is C24H32N2O5S. The third-order valence-electron chi connectivity index (χ3n) is 6.04. The topological polar surface area (TPSA) is 87.2 Å². The first kappa shape index (κ1) is 24.2. The Morgan fingerprint density at radius 3 is 2.44 bits per heavy atom. The summed E-state index contributed by atoms with van der Waals surface area (Å²) < 4.78 is 34.7. The molecule has 0 aliphatic carbocycles. The number of hydrogen-bond acceptors (Lipinski definition) is 5. The number of likely N-dealkylation sites (N-methyl/N-ethyl adjacent to an activating group) is 1. The third kappa shape index (κ3) is 4.98. The van der Waals surface area contributed by atoms with Crippen LogP contribution in [-0.4, -0.2) is 67.5 Å². The van der Waals surface area contributed by atoms with Crippen molar-refractivity contribution in [1.82, 2.24) is 9.21 Å². The highest BCUT2D eigenvalue weighted by Crippen LogP contribution is 2.36. The molecule has 0 radical (unpaired) electrons. The van der Waals surface area contributed by atoms with Crippen molar-refractivity contribution in [2.75, 3.05) is 26.7 Å². The van der Waals surface area contributed by atoms with Crippen LogP contribution in [0.1, 0.15) is 26.3 Å². The first-order chi connectivity index (χ1) is 15.0. The molecule has 0 spiro atoms. The van der Waals surface area contributed by atoms with Gasteiger partial charge in [-0.2, -0.15) is 4.31 Å². The average molecular weight is 461 g/mol. The fraction of sp³-hybridized carbons (Fsp3) is 0.458. The van der Waals surface area contributed by atoms with Crippen molar-refractivity contribution in [3.05, 3.63) is 48.0 Å². The number of nitrogens with zero attached hydrogens (tertiary/aromatic N) is 2. The van der Waals surface area contributed by atoms with E-state index in [0.29, 0.717) is 6.54 Å². The molecule has 0 saturated heterocycles. The number of aliphatic hydroxyl groups is 1. The molecule has 1 aliphatic heterocycles. The SMILES string of the molecule is CC(=O)N(C)C[C@@H]1Oc2cc(-c3ccc(C)cc3)ccc2S(=O)(=O)N([C@@H](C)CO)C[C@H]1C. The second-order valence-electron chi connectivity index (χ2n) is 8.67. The summed E-state index contributed by atoms with van der Waals surface area (Å²) in [6, 6.07) is 12.5. The second-order valence-corrected chi connectivity index (χ2v) is 10.5. The molecule has 3 rings (SSSR count). The number of benzene rings is 2. The number of aryl methyl sites for hydroxylation is 1. The summed E-state index contributed by atoms with van der Waals surface area (Å²) in [4.78, 5) is 13.5. The van der Waals surface area contributed by atoms with Crippen LogP contribution in [0.2, 0.25) is 0 Å². The molecule has 0 fully saturated rings. The van der Waals surface area contributed by atoms with Crippen molar-refractivity contribution in [3.8, 4) is 16.9 Å². The van der Waals surface area contributed by atoms with Crippen molar-refractivity contribution in [2.24, 2.45) is 5.92 Å². The van der Waals surface area contributed by atoms with E-state index in [1.807, 2.05) is 38.1 Å². The molecule has 32 heavy (non-hydrogen) atoms. The maximum Gasteiger partial charge on any atom is 0.247 e. The third-order valence-corrected chi connectivity index (χ3v) is 8.06. The Morgan fingerprint density at radius 2 is 1.84 bits per heavy atom. The number of amides is 1. The van der Waals surface area contributed by atoms with Gasteiger partial charge in [0.2, 0.25) is 15.9 Å². The van der Waals surface area contributed by atoms with Crippen LogP contribution in [0.25, 0.3) is 11.1 Å². The predicted molar refractivity (Wildman–Crippen MR) is 124 cm³/mol. The zero-order chi connectivity index (χ0) is 23.6. The van der Waals surface area contributed by atoms with Crippen LogP contribution in [0.5, 0.6) is 5.75 Å². The Balaban J connectivity index is 2.13. The molecule has 3 atom stereocenters. The van der Waals surface area contributed by atoms with Crippen LogP contribution in [0, 0.1) is 12.8 Å².